The Labute approximate surface area is 104 Å². The van der Waals surface area contributed by atoms with Crippen molar-refractivity contribution < 1.29 is 9.53 Å². The smallest absolute Gasteiger partial charge is 0.356 e. The molecule has 2 rings (SSSR count). The third kappa shape index (κ3) is 2.28. The van der Waals surface area contributed by atoms with Crippen molar-refractivity contribution in [3.63, 3.8) is 0 Å². The SMILES string of the molecule is COC(=O)c1cc(-c2ccc(Br)s2)ncn1. The lowest BCUT2D eigenvalue weighted by molar-refractivity contribution is 0.0594. The fraction of sp³-hybridized carbons (Fsp3) is 0.100. The molecule has 0 saturated heterocycles. The van der Waals surface area contributed by atoms with E-state index in [1.54, 1.807) is 17.4 Å². The molecule has 4 nitrogen and oxygen atoms in total. The van der Waals surface area contributed by atoms with Gasteiger partial charge in [-0.1, -0.05) is 0 Å². The van der Waals surface area contributed by atoms with Gasteiger partial charge in [0.25, 0.3) is 0 Å². The minimum absolute atomic E-state index is 0.261. The van der Waals surface area contributed by atoms with E-state index < -0.39 is 5.97 Å². The van der Waals surface area contributed by atoms with Gasteiger partial charge in [0.05, 0.1) is 21.5 Å². The quantitative estimate of drug-likeness (QED) is 0.800. The van der Waals surface area contributed by atoms with Crippen LogP contribution in [0.4, 0.5) is 0 Å². The second kappa shape index (κ2) is 4.71. The van der Waals surface area contributed by atoms with Gasteiger partial charge in [0, 0.05) is 0 Å². The van der Waals surface area contributed by atoms with Gasteiger partial charge in [0.2, 0.25) is 0 Å². The van der Waals surface area contributed by atoms with Crippen molar-refractivity contribution in [1.29, 1.82) is 0 Å². The van der Waals surface area contributed by atoms with Crippen molar-refractivity contribution in [1.82, 2.24) is 9.97 Å². The molecule has 6 heteroatoms. The lowest BCUT2D eigenvalue weighted by atomic mass is 10.3. The Hall–Kier alpha value is -1.27. The number of nitrogens with zero attached hydrogens (tertiary/aromatic N) is 2. The molecule has 0 aliphatic carbocycles. The average Bonchev–Trinajstić information content (AvgIpc) is 2.75. The van der Waals surface area contributed by atoms with Crippen LogP contribution < -0.4 is 0 Å². The highest BCUT2D eigenvalue weighted by Crippen LogP contribution is 2.29. The first kappa shape index (κ1) is 11.2. The van der Waals surface area contributed by atoms with Crippen LogP contribution in [0.2, 0.25) is 0 Å². The van der Waals surface area contributed by atoms with Gasteiger partial charge in [0.15, 0.2) is 5.69 Å². The predicted molar refractivity (Wildman–Crippen MR) is 64.4 cm³/mol. The first-order chi connectivity index (χ1) is 7.70. The molecule has 0 radical (unpaired) electrons. The lowest BCUT2D eigenvalue weighted by Gasteiger charge is -1.99. The Morgan fingerprint density at radius 2 is 2.25 bits per heavy atom. The number of hydrogen-bond acceptors (Lipinski definition) is 5. The maximum atomic E-state index is 11.3. The average molecular weight is 299 g/mol. The van der Waals surface area contributed by atoms with Crippen molar-refractivity contribution in [3.05, 3.63) is 34.0 Å². The third-order valence-electron chi connectivity index (χ3n) is 1.89. The standard InChI is InChI=1S/C10H7BrN2O2S/c1-15-10(14)7-4-6(12-5-13-7)8-2-3-9(11)16-8/h2-5H,1H3. The first-order valence-corrected chi connectivity index (χ1v) is 5.97. The van der Waals surface area contributed by atoms with Crippen LogP contribution in [0, 0.1) is 0 Å². The molecule has 0 aromatic carbocycles. The molecule has 2 heterocycles. The molecule has 0 fully saturated rings. The number of halogens is 1. The van der Waals surface area contributed by atoms with Crippen LogP contribution in [0.5, 0.6) is 0 Å². The van der Waals surface area contributed by atoms with Crippen LogP contribution in [-0.2, 0) is 4.74 Å². The fourth-order valence-electron chi connectivity index (χ4n) is 1.16. The monoisotopic (exact) mass is 298 g/mol. The summed E-state index contributed by atoms with van der Waals surface area (Å²) in [6.07, 6.45) is 1.36. The van der Waals surface area contributed by atoms with E-state index in [0.29, 0.717) is 5.69 Å². The highest BCUT2D eigenvalue weighted by Gasteiger charge is 2.10. The van der Waals surface area contributed by atoms with Crippen molar-refractivity contribution in [3.8, 4) is 10.6 Å². The normalized spacial score (nSPS) is 10.1. The Morgan fingerprint density at radius 1 is 1.44 bits per heavy atom. The molecule has 0 unspecified atom stereocenters. The molecule has 0 aliphatic rings. The summed E-state index contributed by atoms with van der Waals surface area (Å²) < 4.78 is 5.61. The van der Waals surface area contributed by atoms with E-state index in [1.807, 2.05) is 12.1 Å². The largest absolute Gasteiger partial charge is 0.464 e. The van der Waals surface area contributed by atoms with Gasteiger partial charge in [0.1, 0.15) is 6.33 Å². The second-order valence-corrected chi connectivity index (χ2v) is 5.35. The lowest BCUT2D eigenvalue weighted by Crippen LogP contribution is -2.04. The maximum absolute atomic E-state index is 11.3. The topological polar surface area (TPSA) is 52.1 Å². The zero-order valence-electron chi connectivity index (χ0n) is 8.31. The van der Waals surface area contributed by atoms with E-state index in [4.69, 9.17) is 0 Å². The summed E-state index contributed by atoms with van der Waals surface area (Å²) in [6, 6.07) is 5.47. The molecule has 0 atom stereocenters. The first-order valence-electron chi connectivity index (χ1n) is 4.37. The van der Waals surface area contributed by atoms with Crippen LogP contribution in [0.3, 0.4) is 0 Å². The number of rotatable bonds is 2. The Bertz CT molecular complexity index is 527. The van der Waals surface area contributed by atoms with Crippen LogP contribution in [-0.4, -0.2) is 23.0 Å². The Kier molecular flexibility index (Phi) is 3.31. The molecule has 82 valence electrons. The van der Waals surface area contributed by atoms with E-state index >= 15 is 0 Å². The predicted octanol–water partition coefficient (Wildman–Crippen LogP) is 2.75. The minimum atomic E-state index is -0.459. The van der Waals surface area contributed by atoms with Gasteiger partial charge >= 0.3 is 5.97 Å². The molecule has 2 aromatic heterocycles. The van der Waals surface area contributed by atoms with Crippen LogP contribution in [0.25, 0.3) is 10.6 Å². The zero-order valence-corrected chi connectivity index (χ0v) is 10.7. The third-order valence-corrected chi connectivity index (χ3v) is 3.53. The summed E-state index contributed by atoms with van der Waals surface area (Å²) in [7, 11) is 1.33. The van der Waals surface area contributed by atoms with Gasteiger partial charge in [-0.25, -0.2) is 14.8 Å². The van der Waals surface area contributed by atoms with Crippen LogP contribution >= 0.6 is 27.3 Å². The van der Waals surface area contributed by atoms with E-state index in [-0.39, 0.29) is 5.69 Å². The number of aromatic nitrogens is 2. The van der Waals surface area contributed by atoms with Crippen LogP contribution in [0.15, 0.2) is 28.3 Å². The molecular formula is C10H7BrN2O2S. The summed E-state index contributed by atoms with van der Waals surface area (Å²) in [6.45, 7) is 0. The molecule has 0 saturated carbocycles. The second-order valence-electron chi connectivity index (χ2n) is 2.88. The van der Waals surface area contributed by atoms with E-state index in [2.05, 4.69) is 30.6 Å². The molecule has 16 heavy (non-hydrogen) atoms. The number of carbonyl (C=O) groups is 1. The number of hydrogen-bond donors (Lipinski definition) is 0. The molecule has 0 spiro atoms. The minimum Gasteiger partial charge on any atom is -0.464 e. The zero-order chi connectivity index (χ0) is 11.5. The van der Waals surface area contributed by atoms with Gasteiger partial charge < -0.3 is 4.74 Å². The summed E-state index contributed by atoms with van der Waals surface area (Å²) >= 11 is 4.92. The summed E-state index contributed by atoms with van der Waals surface area (Å²) in [4.78, 5) is 20.2. The molecule has 0 N–H and O–H groups in total. The Balaban J connectivity index is 2.39. The molecule has 0 aliphatic heterocycles. The summed E-state index contributed by atoms with van der Waals surface area (Å²) in [5, 5.41) is 0. The highest BCUT2D eigenvalue weighted by atomic mass is 79.9. The molecule has 0 amide bonds. The van der Waals surface area contributed by atoms with Crippen LogP contribution in [0.1, 0.15) is 10.5 Å². The maximum Gasteiger partial charge on any atom is 0.356 e. The van der Waals surface area contributed by atoms with Crippen molar-refractivity contribution in [2.45, 2.75) is 0 Å². The van der Waals surface area contributed by atoms with Crippen molar-refractivity contribution >= 4 is 33.2 Å². The summed E-state index contributed by atoms with van der Waals surface area (Å²) in [5.41, 5.74) is 0.975. The van der Waals surface area contributed by atoms with E-state index in [9.17, 15) is 4.79 Å². The van der Waals surface area contributed by atoms with Gasteiger partial charge in [-0.15, -0.1) is 11.3 Å². The molecule has 0 bridgehead atoms. The number of esters is 1. The fourth-order valence-corrected chi connectivity index (χ4v) is 2.51. The number of methoxy groups -OCH3 is 1. The molecule has 2 aromatic rings. The van der Waals surface area contributed by atoms with Gasteiger partial charge in [-0.05, 0) is 34.1 Å². The van der Waals surface area contributed by atoms with E-state index in [0.717, 1.165) is 8.66 Å². The number of carbonyl (C=O) groups excluding carboxylic acids is 1. The van der Waals surface area contributed by atoms with Gasteiger partial charge in [-0.3, -0.25) is 0 Å². The van der Waals surface area contributed by atoms with Gasteiger partial charge in [-0.2, -0.15) is 0 Å². The van der Waals surface area contributed by atoms with Crippen molar-refractivity contribution in [2.24, 2.45) is 0 Å². The number of thiophene rings is 1. The van der Waals surface area contributed by atoms with E-state index in [1.165, 1.54) is 13.4 Å². The number of ether oxygens (including phenoxy) is 1. The molecular weight excluding hydrogens is 292 g/mol. The summed E-state index contributed by atoms with van der Waals surface area (Å²) in [5.74, 6) is -0.459. The Morgan fingerprint density at radius 3 is 2.88 bits per heavy atom. The highest BCUT2D eigenvalue weighted by molar-refractivity contribution is 9.11. The van der Waals surface area contributed by atoms with Crippen molar-refractivity contribution in [2.75, 3.05) is 7.11 Å².